The Balaban J connectivity index is 2.03. The second-order valence-corrected chi connectivity index (χ2v) is 5.95. The lowest BCUT2D eigenvalue weighted by molar-refractivity contribution is -0.142. The molecule has 0 fully saturated rings. The number of ketones is 1. The summed E-state index contributed by atoms with van der Waals surface area (Å²) in [5.41, 5.74) is 0.945. The average Bonchev–Trinajstić information content (AvgIpc) is 3.09. The van der Waals surface area contributed by atoms with Crippen molar-refractivity contribution in [3.63, 3.8) is 0 Å². The third kappa shape index (κ3) is 3.53. The number of aromatic nitrogens is 1. The zero-order valence-corrected chi connectivity index (χ0v) is 14.7. The molecule has 0 aliphatic carbocycles. The number of benzene rings is 2. The maximum absolute atomic E-state index is 13.9. The van der Waals surface area contributed by atoms with Gasteiger partial charge in [-0.25, -0.2) is 8.78 Å². The van der Waals surface area contributed by atoms with Crippen molar-refractivity contribution in [2.45, 2.75) is 12.3 Å². The highest BCUT2D eigenvalue weighted by Gasteiger charge is 2.29. The monoisotopic (exact) mass is 373 g/mol. The number of H-pyrrole nitrogens is 1. The van der Waals surface area contributed by atoms with Gasteiger partial charge in [0.15, 0.2) is 5.78 Å². The summed E-state index contributed by atoms with van der Waals surface area (Å²) in [6, 6.07) is 8.02. The molecule has 0 aliphatic heterocycles. The highest BCUT2D eigenvalue weighted by Crippen LogP contribution is 2.35. The van der Waals surface area contributed by atoms with Crippen molar-refractivity contribution >= 4 is 22.7 Å². The summed E-state index contributed by atoms with van der Waals surface area (Å²) in [5, 5.41) is 0.641. The lowest BCUT2D eigenvalue weighted by atomic mass is 9.91. The second-order valence-electron chi connectivity index (χ2n) is 5.95. The van der Waals surface area contributed by atoms with Crippen molar-refractivity contribution in [2.75, 3.05) is 14.2 Å². The Bertz CT molecular complexity index is 1010. The van der Waals surface area contributed by atoms with Crippen molar-refractivity contribution in [3.8, 4) is 5.75 Å². The predicted octanol–water partition coefficient (Wildman–Crippen LogP) is 3.98. The zero-order chi connectivity index (χ0) is 19.6. The van der Waals surface area contributed by atoms with Crippen LogP contribution in [0.4, 0.5) is 8.78 Å². The quantitative estimate of drug-likeness (QED) is 0.524. The highest BCUT2D eigenvalue weighted by atomic mass is 19.1. The van der Waals surface area contributed by atoms with Gasteiger partial charge >= 0.3 is 5.97 Å². The van der Waals surface area contributed by atoms with Crippen LogP contribution in [0, 0.1) is 11.6 Å². The van der Waals surface area contributed by atoms with E-state index in [1.165, 1.54) is 14.2 Å². The Morgan fingerprint density at radius 1 is 1.15 bits per heavy atom. The Morgan fingerprint density at radius 3 is 2.59 bits per heavy atom. The minimum Gasteiger partial charge on any atom is -0.496 e. The molecular weight excluding hydrogens is 356 g/mol. The molecule has 0 aliphatic rings. The van der Waals surface area contributed by atoms with Gasteiger partial charge in [-0.3, -0.25) is 9.59 Å². The van der Waals surface area contributed by atoms with Gasteiger partial charge in [0, 0.05) is 29.6 Å². The fraction of sp³-hybridized carbons (Fsp3) is 0.200. The SMILES string of the molecule is COC(=O)C(CC(=O)c1ccc(F)cc1F)c1c[nH]c2cccc(OC)c12. The third-order valence-corrected chi connectivity index (χ3v) is 4.40. The lowest BCUT2D eigenvalue weighted by Gasteiger charge is -2.15. The number of fused-ring (bicyclic) bond motifs is 1. The zero-order valence-electron chi connectivity index (χ0n) is 14.7. The molecule has 5 nitrogen and oxygen atoms in total. The molecule has 1 heterocycles. The molecule has 2 aromatic carbocycles. The Labute approximate surface area is 153 Å². The molecular formula is C20H17F2NO4. The molecule has 7 heteroatoms. The van der Waals surface area contributed by atoms with Crippen LogP contribution >= 0.6 is 0 Å². The van der Waals surface area contributed by atoms with Crippen LogP contribution in [0.5, 0.6) is 5.75 Å². The van der Waals surface area contributed by atoms with Crippen molar-refractivity contribution in [1.29, 1.82) is 0 Å². The molecule has 3 aromatic rings. The molecule has 0 saturated heterocycles. The van der Waals surface area contributed by atoms with Crippen LogP contribution in [0.3, 0.4) is 0 Å². The van der Waals surface area contributed by atoms with E-state index in [0.717, 1.165) is 17.6 Å². The van der Waals surface area contributed by atoms with Gasteiger partial charge in [0.2, 0.25) is 0 Å². The number of aromatic amines is 1. The molecule has 1 N–H and O–H groups in total. The molecule has 0 saturated carbocycles. The average molecular weight is 373 g/mol. The van der Waals surface area contributed by atoms with Gasteiger partial charge in [-0.1, -0.05) is 6.07 Å². The predicted molar refractivity (Wildman–Crippen MR) is 94.9 cm³/mol. The summed E-state index contributed by atoms with van der Waals surface area (Å²) < 4.78 is 37.2. The van der Waals surface area contributed by atoms with E-state index >= 15 is 0 Å². The first-order valence-corrected chi connectivity index (χ1v) is 8.16. The van der Waals surface area contributed by atoms with Crippen LogP contribution in [0.1, 0.15) is 28.3 Å². The molecule has 1 aromatic heterocycles. The standard InChI is InChI=1S/C20H17F2NO4/c1-26-18-5-3-4-16-19(18)14(10-23-16)13(20(25)27-2)9-17(24)12-7-6-11(21)8-15(12)22/h3-8,10,13,23H,9H2,1-2H3. The van der Waals surface area contributed by atoms with Gasteiger partial charge in [-0.2, -0.15) is 0 Å². The number of carbonyl (C=O) groups is 2. The maximum Gasteiger partial charge on any atom is 0.313 e. The molecule has 1 atom stereocenters. The van der Waals surface area contributed by atoms with E-state index in [1.807, 2.05) is 0 Å². The molecule has 0 amide bonds. The number of rotatable bonds is 6. The van der Waals surface area contributed by atoms with Crippen LogP contribution in [0.2, 0.25) is 0 Å². The lowest BCUT2D eigenvalue weighted by Crippen LogP contribution is -2.19. The van der Waals surface area contributed by atoms with Gasteiger partial charge in [0.25, 0.3) is 0 Å². The summed E-state index contributed by atoms with van der Waals surface area (Å²) in [6.45, 7) is 0. The van der Waals surface area contributed by atoms with Gasteiger partial charge < -0.3 is 14.5 Å². The van der Waals surface area contributed by atoms with Crippen molar-refractivity contribution in [1.82, 2.24) is 4.98 Å². The van der Waals surface area contributed by atoms with Gasteiger partial charge in [-0.05, 0) is 29.8 Å². The van der Waals surface area contributed by atoms with Crippen LogP contribution in [0.15, 0.2) is 42.6 Å². The number of esters is 1. The highest BCUT2D eigenvalue weighted by molar-refractivity contribution is 6.01. The summed E-state index contributed by atoms with van der Waals surface area (Å²) >= 11 is 0. The summed E-state index contributed by atoms with van der Waals surface area (Å²) in [7, 11) is 2.71. The number of hydrogen-bond acceptors (Lipinski definition) is 4. The Morgan fingerprint density at radius 2 is 1.93 bits per heavy atom. The van der Waals surface area contributed by atoms with Crippen LogP contribution < -0.4 is 4.74 Å². The number of carbonyl (C=O) groups excluding carboxylic acids is 2. The first kappa shape index (κ1) is 18.6. The minimum atomic E-state index is -0.975. The molecule has 3 rings (SSSR count). The van der Waals surface area contributed by atoms with Crippen LogP contribution in [-0.2, 0) is 9.53 Å². The van der Waals surface area contributed by atoms with E-state index in [2.05, 4.69) is 4.98 Å². The van der Waals surface area contributed by atoms with E-state index in [4.69, 9.17) is 9.47 Å². The van der Waals surface area contributed by atoms with Crippen LogP contribution in [-0.4, -0.2) is 31.0 Å². The molecule has 0 bridgehead atoms. The largest absolute Gasteiger partial charge is 0.496 e. The third-order valence-electron chi connectivity index (χ3n) is 4.40. The number of halogens is 2. The molecule has 0 radical (unpaired) electrons. The molecule has 140 valence electrons. The smallest absolute Gasteiger partial charge is 0.313 e. The normalized spacial score (nSPS) is 12.0. The van der Waals surface area contributed by atoms with E-state index in [9.17, 15) is 18.4 Å². The summed E-state index contributed by atoms with van der Waals surface area (Å²) in [6.07, 6.45) is 1.27. The number of ether oxygens (including phenoxy) is 2. The first-order valence-electron chi connectivity index (χ1n) is 8.16. The maximum atomic E-state index is 13.9. The number of methoxy groups -OCH3 is 2. The van der Waals surface area contributed by atoms with Crippen molar-refractivity contribution in [2.24, 2.45) is 0 Å². The fourth-order valence-electron chi connectivity index (χ4n) is 3.10. The van der Waals surface area contributed by atoms with Crippen molar-refractivity contribution in [3.05, 3.63) is 65.4 Å². The number of nitrogens with one attached hydrogen (secondary N) is 1. The molecule has 0 spiro atoms. The summed E-state index contributed by atoms with van der Waals surface area (Å²) in [5.74, 6) is -3.48. The van der Waals surface area contributed by atoms with E-state index < -0.39 is 29.3 Å². The van der Waals surface area contributed by atoms with E-state index in [-0.39, 0.29) is 12.0 Å². The van der Waals surface area contributed by atoms with Crippen LogP contribution in [0.25, 0.3) is 10.9 Å². The van der Waals surface area contributed by atoms with E-state index in [1.54, 1.807) is 24.4 Å². The fourth-order valence-corrected chi connectivity index (χ4v) is 3.10. The molecule has 27 heavy (non-hydrogen) atoms. The van der Waals surface area contributed by atoms with Gasteiger partial charge in [0.1, 0.15) is 17.4 Å². The molecule has 1 unspecified atom stereocenters. The first-order chi connectivity index (χ1) is 13.0. The number of Topliss-reactive ketones (excluding diaryl/α,β-unsaturated/α-hetero) is 1. The van der Waals surface area contributed by atoms with Gasteiger partial charge in [-0.15, -0.1) is 0 Å². The van der Waals surface area contributed by atoms with Gasteiger partial charge in [0.05, 0.1) is 25.7 Å². The Kier molecular flexibility index (Phi) is 5.21. The Hall–Kier alpha value is -3.22. The second kappa shape index (κ2) is 7.57. The minimum absolute atomic E-state index is 0.280. The van der Waals surface area contributed by atoms with Crippen molar-refractivity contribution < 1.29 is 27.8 Å². The topological polar surface area (TPSA) is 68.4 Å². The van der Waals surface area contributed by atoms with E-state index in [0.29, 0.717) is 22.8 Å². The summed E-state index contributed by atoms with van der Waals surface area (Å²) in [4.78, 5) is 28.0. The number of hydrogen-bond donors (Lipinski definition) is 1.